The summed E-state index contributed by atoms with van der Waals surface area (Å²) in [6.45, 7) is 7.55. The van der Waals surface area contributed by atoms with E-state index in [1.165, 1.54) is 32.1 Å². The van der Waals surface area contributed by atoms with Crippen LogP contribution in [-0.2, 0) is 4.74 Å². The predicted molar refractivity (Wildman–Crippen MR) is 71.0 cm³/mol. The molecule has 0 radical (unpaired) electrons. The maximum absolute atomic E-state index is 5.95. The molecule has 2 N–H and O–H groups in total. The summed E-state index contributed by atoms with van der Waals surface area (Å²) in [4.78, 5) is 2.62. The van der Waals surface area contributed by atoms with Gasteiger partial charge < -0.3 is 10.5 Å². The molecule has 17 heavy (non-hydrogen) atoms. The SMILES string of the molecule is CCN(CC1CCC(C)O1)C1CCCC1CN. The molecule has 4 unspecified atom stereocenters. The van der Waals surface area contributed by atoms with Crippen LogP contribution in [0.15, 0.2) is 0 Å². The maximum Gasteiger partial charge on any atom is 0.0706 e. The maximum atomic E-state index is 5.95. The molecule has 1 aliphatic heterocycles. The third kappa shape index (κ3) is 3.21. The summed E-state index contributed by atoms with van der Waals surface area (Å²) < 4.78 is 5.95. The van der Waals surface area contributed by atoms with Crippen molar-refractivity contribution in [1.82, 2.24) is 4.90 Å². The number of rotatable bonds is 5. The van der Waals surface area contributed by atoms with Gasteiger partial charge >= 0.3 is 0 Å². The second kappa shape index (κ2) is 6.17. The molecule has 1 heterocycles. The van der Waals surface area contributed by atoms with Crippen molar-refractivity contribution in [2.45, 2.75) is 64.2 Å². The van der Waals surface area contributed by atoms with Crippen LogP contribution in [0.25, 0.3) is 0 Å². The van der Waals surface area contributed by atoms with Gasteiger partial charge in [-0.05, 0) is 51.6 Å². The van der Waals surface area contributed by atoms with Crippen LogP contribution >= 0.6 is 0 Å². The molecule has 1 saturated heterocycles. The quantitative estimate of drug-likeness (QED) is 0.799. The van der Waals surface area contributed by atoms with Crippen molar-refractivity contribution in [3.05, 3.63) is 0 Å². The Morgan fingerprint density at radius 2 is 2.06 bits per heavy atom. The molecule has 0 spiro atoms. The summed E-state index contributed by atoms with van der Waals surface area (Å²) in [7, 11) is 0. The van der Waals surface area contributed by atoms with Crippen molar-refractivity contribution in [2.24, 2.45) is 11.7 Å². The minimum atomic E-state index is 0.462. The number of hydrogen-bond donors (Lipinski definition) is 1. The summed E-state index contributed by atoms with van der Waals surface area (Å²) in [5, 5.41) is 0. The van der Waals surface area contributed by atoms with Crippen molar-refractivity contribution in [3.8, 4) is 0 Å². The summed E-state index contributed by atoms with van der Waals surface area (Å²) in [6.07, 6.45) is 7.39. The Morgan fingerprint density at radius 1 is 1.24 bits per heavy atom. The van der Waals surface area contributed by atoms with E-state index in [2.05, 4.69) is 18.7 Å². The first-order chi connectivity index (χ1) is 8.24. The van der Waals surface area contributed by atoms with Crippen molar-refractivity contribution >= 4 is 0 Å². The predicted octanol–water partition coefficient (Wildman–Crippen LogP) is 2.00. The number of nitrogens with two attached hydrogens (primary N) is 1. The highest BCUT2D eigenvalue weighted by atomic mass is 16.5. The Morgan fingerprint density at radius 3 is 2.65 bits per heavy atom. The fourth-order valence-corrected chi connectivity index (χ4v) is 3.55. The zero-order chi connectivity index (χ0) is 12.3. The smallest absolute Gasteiger partial charge is 0.0706 e. The second-order valence-electron chi connectivity index (χ2n) is 5.73. The van der Waals surface area contributed by atoms with Gasteiger partial charge in [-0.1, -0.05) is 13.3 Å². The third-order valence-electron chi connectivity index (χ3n) is 4.55. The van der Waals surface area contributed by atoms with E-state index in [9.17, 15) is 0 Å². The van der Waals surface area contributed by atoms with Gasteiger partial charge in [0.05, 0.1) is 12.2 Å². The van der Waals surface area contributed by atoms with Gasteiger partial charge in [-0.3, -0.25) is 4.90 Å². The Bertz CT molecular complexity index is 234. The van der Waals surface area contributed by atoms with E-state index >= 15 is 0 Å². The lowest BCUT2D eigenvalue weighted by Gasteiger charge is -2.33. The molecule has 2 aliphatic rings. The van der Waals surface area contributed by atoms with Gasteiger partial charge in [0.1, 0.15) is 0 Å². The molecule has 3 heteroatoms. The molecule has 0 amide bonds. The first kappa shape index (κ1) is 13.3. The minimum Gasteiger partial charge on any atom is -0.374 e. The first-order valence-corrected chi connectivity index (χ1v) is 7.34. The summed E-state index contributed by atoms with van der Waals surface area (Å²) in [5.74, 6) is 0.716. The Hall–Kier alpha value is -0.120. The van der Waals surface area contributed by atoms with E-state index in [0.29, 0.717) is 24.2 Å². The number of nitrogens with zero attached hydrogens (tertiary/aromatic N) is 1. The average molecular weight is 240 g/mol. The van der Waals surface area contributed by atoms with E-state index in [4.69, 9.17) is 10.5 Å². The second-order valence-corrected chi connectivity index (χ2v) is 5.73. The minimum absolute atomic E-state index is 0.462. The van der Waals surface area contributed by atoms with Crippen LogP contribution in [0.3, 0.4) is 0 Å². The largest absolute Gasteiger partial charge is 0.374 e. The van der Waals surface area contributed by atoms with Crippen molar-refractivity contribution in [1.29, 1.82) is 0 Å². The highest BCUT2D eigenvalue weighted by molar-refractivity contribution is 4.87. The van der Waals surface area contributed by atoms with Crippen molar-refractivity contribution < 1.29 is 4.74 Å². The molecule has 2 rings (SSSR count). The zero-order valence-corrected chi connectivity index (χ0v) is 11.4. The van der Waals surface area contributed by atoms with E-state index < -0.39 is 0 Å². The molecule has 0 aromatic heterocycles. The van der Waals surface area contributed by atoms with Gasteiger partial charge in [-0.25, -0.2) is 0 Å². The summed E-state index contributed by atoms with van der Waals surface area (Å²) >= 11 is 0. The summed E-state index contributed by atoms with van der Waals surface area (Å²) in [6, 6.07) is 0.713. The molecule has 0 aromatic carbocycles. The van der Waals surface area contributed by atoms with Crippen molar-refractivity contribution in [3.63, 3.8) is 0 Å². The monoisotopic (exact) mass is 240 g/mol. The molecule has 3 nitrogen and oxygen atoms in total. The van der Waals surface area contributed by atoms with Crippen LogP contribution in [-0.4, -0.2) is 42.8 Å². The fourth-order valence-electron chi connectivity index (χ4n) is 3.55. The Balaban J connectivity index is 1.87. The van der Waals surface area contributed by atoms with Crippen LogP contribution in [0.4, 0.5) is 0 Å². The molecule has 0 aromatic rings. The molecule has 1 aliphatic carbocycles. The standard InChI is InChI=1S/C14H28N2O/c1-3-16(10-13-8-7-11(2)17-13)14-6-4-5-12(14)9-15/h11-14H,3-10,15H2,1-2H3. The lowest BCUT2D eigenvalue weighted by Crippen LogP contribution is -2.44. The van der Waals surface area contributed by atoms with E-state index in [-0.39, 0.29) is 0 Å². The van der Waals surface area contributed by atoms with Crippen LogP contribution in [0.2, 0.25) is 0 Å². The van der Waals surface area contributed by atoms with E-state index in [1.807, 2.05) is 0 Å². The van der Waals surface area contributed by atoms with Crippen LogP contribution in [0.5, 0.6) is 0 Å². The third-order valence-corrected chi connectivity index (χ3v) is 4.55. The van der Waals surface area contributed by atoms with E-state index in [0.717, 1.165) is 19.6 Å². The normalized spacial score (nSPS) is 38.1. The molecular weight excluding hydrogens is 212 g/mol. The Labute approximate surface area is 106 Å². The number of ether oxygens (including phenoxy) is 1. The van der Waals surface area contributed by atoms with Gasteiger partial charge in [-0.2, -0.15) is 0 Å². The topological polar surface area (TPSA) is 38.5 Å². The molecular formula is C14H28N2O. The zero-order valence-electron chi connectivity index (χ0n) is 11.4. The van der Waals surface area contributed by atoms with Gasteiger partial charge in [0.2, 0.25) is 0 Å². The lowest BCUT2D eigenvalue weighted by molar-refractivity contribution is 0.0184. The van der Waals surface area contributed by atoms with Crippen LogP contribution < -0.4 is 5.73 Å². The molecule has 0 bridgehead atoms. The number of likely N-dealkylation sites (N-methyl/N-ethyl adjacent to an activating group) is 1. The molecule has 1 saturated carbocycles. The van der Waals surface area contributed by atoms with Crippen LogP contribution in [0, 0.1) is 5.92 Å². The highest BCUT2D eigenvalue weighted by Crippen LogP contribution is 2.30. The van der Waals surface area contributed by atoms with Gasteiger partial charge in [0, 0.05) is 12.6 Å². The molecule has 2 fully saturated rings. The van der Waals surface area contributed by atoms with E-state index in [1.54, 1.807) is 0 Å². The average Bonchev–Trinajstić information content (AvgIpc) is 2.94. The van der Waals surface area contributed by atoms with Gasteiger partial charge in [0.15, 0.2) is 0 Å². The highest BCUT2D eigenvalue weighted by Gasteiger charge is 2.33. The van der Waals surface area contributed by atoms with Crippen LogP contribution in [0.1, 0.15) is 46.0 Å². The summed E-state index contributed by atoms with van der Waals surface area (Å²) in [5.41, 5.74) is 5.89. The fraction of sp³-hybridized carbons (Fsp3) is 1.00. The van der Waals surface area contributed by atoms with Gasteiger partial charge in [-0.15, -0.1) is 0 Å². The number of hydrogen-bond acceptors (Lipinski definition) is 3. The first-order valence-electron chi connectivity index (χ1n) is 7.34. The Kier molecular flexibility index (Phi) is 4.83. The van der Waals surface area contributed by atoms with Gasteiger partial charge in [0.25, 0.3) is 0 Å². The van der Waals surface area contributed by atoms with Crippen molar-refractivity contribution in [2.75, 3.05) is 19.6 Å². The molecule has 4 atom stereocenters. The molecule has 100 valence electrons. The lowest BCUT2D eigenvalue weighted by atomic mass is 10.0.